The summed E-state index contributed by atoms with van der Waals surface area (Å²) in [5, 5.41) is 20.7. The van der Waals surface area contributed by atoms with Crippen molar-refractivity contribution in [2.75, 3.05) is 0 Å². The smallest absolute Gasteiger partial charge is 0.198 e. The standard InChI is InChI=1S/C31H36O4/c1-16(2)17(3)6-7-18(4)22-10-11-23-19-8-9-21-26(20(19)14-15-31(22,23)5)30(35)28-25(33)13-12-24(32)27(28)29(21)34/h6-9,12-13,16-18,22-23,32-33H,10-11,14-15H2,1-5H3/b7-6+/t17-,18+,22+,23-,31+/m0/s1. The Morgan fingerprint density at radius 2 is 1.54 bits per heavy atom. The Hall–Kier alpha value is -2.88. The van der Waals surface area contributed by atoms with Gasteiger partial charge in [0, 0.05) is 11.1 Å². The molecule has 4 nitrogen and oxygen atoms in total. The minimum absolute atomic E-state index is 0.0634. The molecule has 35 heavy (non-hydrogen) atoms. The Bertz CT molecular complexity index is 1250. The minimum atomic E-state index is -0.388. The third-order valence-electron chi connectivity index (χ3n) is 9.54. The molecular weight excluding hydrogens is 436 g/mol. The minimum Gasteiger partial charge on any atom is -0.507 e. The van der Waals surface area contributed by atoms with Gasteiger partial charge in [0.15, 0.2) is 11.6 Å². The van der Waals surface area contributed by atoms with Crippen molar-refractivity contribution in [1.82, 2.24) is 0 Å². The van der Waals surface area contributed by atoms with E-state index in [-0.39, 0.29) is 39.6 Å². The molecule has 0 heterocycles. The van der Waals surface area contributed by atoms with E-state index in [4.69, 9.17) is 0 Å². The van der Waals surface area contributed by atoms with Crippen LogP contribution in [0.4, 0.5) is 0 Å². The summed E-state index contributed by atoms with van der Waals surface area (Å²) in [5.74, 6) is 1.34. The monoisotopic (exact) mass is 472 g/mol. The van der Waals surface area contributed by atoms with E-state index in [1.807, 2.05) is 0 Å². The van der Waals surface area contributed by atoms with Crippen LogP contribution in [0.15, 0.2) is 36.4 Å². The molecule has 2 N–H and O–H groups in total. The number of phenolic OH excluding ortho intramolecular Hbond substituents is 2. The highest BCUT2D eigenvalue weighted by atomic mass is 16.3. The number of carbonyl (C=O) groups excluding carboxylic acids is 2. The van der Waals surface area contributed by atoms with Gasteiger partial charge in [-0.25, -0.2) is 0 Å². The van der Waals surface area contributed by atoms with Crippen LogP contribution in [-0.4, -0.2) is 21.8 Å². The van der Waals surface area contributed by atoms with E-state index in [2.05, 4.69) is 52.8 Å². The molecule has 4 heteroatoms. The van der Waals surface area contributed by atoms with Crippen molar-refractivity contribution in [3.63, 3.8) is 0 Å². The second-order valence-electron chi connectivity index (χ2n) is 11.7. The number of phenols is 2. The van der Waals surface area contributed by atoms with E-state index in [1.165, 1.54) is 17.7 Å². The summed E-state index contributed by atoms with van der Waals surface area (Å²) in [6.07, 6.45) is 8.75. The van der Waals surface area contributed by atoms with Crippen LogP contribution in [0, 0.1) is 29.1 Å². The van der Waals surface area contributed by atoms with Crippen LogP contribution in [0.1, 0.15) is 103 Å². The van der Waals surface area contributed by atoms with Crippen molar-refractivity contribution in [3.05, 3.63) is 69.8 Å². The predicted octanol–water partition coefficient (Wildman–Crippen LogP) is 6.80. The zero-order valence-electron chi connectivity index (χ0n) is 21.4. The first-order valence-electron chi connectivity index (χ1n) is 13.0. The van der Waals surface area contributed by atoms with Crippen LogP contribution in [-0.2, 0) is 6.42 Å². The zero-order chi connectivity index (χ0) is 25.2. The van der Waals surface area contributed by atoms with Gasteiger partial charge in [-0.1, -0.05) is 52.8 Å². The average Bonchev–Trinajstić information content (AvgIpc) is 3.18. The summed E-state index contributed by atoms with van der Waals surface area (Å²) in [6, 6.07) is 6.38. The van der Waals surface area contributed by atoms with E-state index in [9.17, 15) is 19.8 Å². The highest BCUT2D eigenvalue weighted by molar-refractivity contribution is 6.30. The van der Waals surface area contributed by atoms with Crippen LogP contribution < -0.4 is 0 Å². The number of ketones is 2. The third kappa shape index (κ3) is 3.48. The van der Waals surface area contributed by atoms with Crippen molar-refractivity contribution >= 4 is 11.6 Å². The second kappa shape index (κ2) is 8.36. The first-order chi connectivity index (χ1) is 16.6. The number of allylic oxidation sites excluding steroid dienone is 2. The van der Waals surface area contributed by atoms with Gasteiger partial charge in [0.05, 0.1) is 11.1 Å². The number of aromatic hydroxyl groups is 2. The molecule has 0 saturated heterocycles. The highest BCUT2D eigenvalue weighted by Gasteiger charge is 2.51. The highest BCUT2D eigenvalue weighted by Crippen LogP contribution is 2.61. The Kier molecular flexibility index (Phi) is 5.69. The predicted molar refractivity (Wildman–Crippen MR) is 137 cm³/mol. The van der Waals surface area contributed by atoms with E-state index in [0.29, 0.717) is 40.7 Å². The lowest BCUT2D eigenvalue weighted by atomic mass is 9.60. The lowest BCUT2D eigenvalue weighted by Gasteiger charge is -2.44. The van der Waals surface area contributed by atoms with Crippen LogP contribution >= 0.6 is 0 Å². The van der Waals surface area contributed by atoms with Gasteiger partial charge >= 0.3 is 0 Å². The van der Waals surface area contributed by atoms with Crippen molar-refractivity contribution in [2.45, 2.75) is 66.2 Å². The summed E-state index contributed by atoms with van der Waals surface area (Å²) in [4.78, 5) is 26.9. The lowest BCUT2D eigenvalue weighted by molar-refractivity contribution is 0.0970. The lowest BCUT2D eigenvalue weighted by Crippen LogP contribution is -2.36. The van der Waals surface area contributed by atoms with Gasteiger partial charge in [-0.3, -0.25) is 9.59 Å². The van der Waals surface area contributed by atoms with Gasteiger partial charge in [-0.05, 0) is 90.0 Å². The van der Waals surface area contributed by atoms with Crippen LogP contribution in [0.25, 0.3) is 0 Å². The van der Waals surface area contributed by atoms with E-state index in [1.54, 1.807) is 6.07 Å². The van der Waals surface area contributed by atoms with Gasteiger partial charge in [0.25, 0.3) is 0 Å². The molecule has 0 aromatic heterocycles. The molecule has 3 aliphatic carbocycles. The molecule has 5 atom stereocenters. The summed E-state index contributed by atoms with van der Waals surface area (Å²) in [7, 11) is 0. The molecule has 5 rings (SSSR count). The topological polar surface area (TPSA) is 74.6 Å². The number of fused-ring (bicyclic) bond motifs is 6. The van der Waals surface area contributed by atoms with Crippen molar-refractivity contribution in [1.29, 1.82) is 0 Å². The Morgan fingerprint density at radius 3 is 2.20 bits per heavy atom. The molecule has 1 saturated carbocycles. The number of benzene rings is 2. The molecule has 0 unspecified atom stereocenters. The Labute approximate surface area is 208 Å². The number of hydrogen-bond acceptors (Lipinski definition) is 4. The average molecular weight is 473 g/mol. The normalized spacial score (nSPS) is 26.9. The number of rotatable bonds is 4. The molecule has 2 aromatic rings. The fraction of sp³-hybridized carbons (Fsp3) is 0.484. The van der Waals surface area contributed by atoms with E-state index >= 15 is 0 Å². The van der Waals surface area contributed by atoms with Crippen LogP contribution in [0.2, 0.25) is 0 Å². The molecule has 0 radical (unpaired) electrons. The zero-order valence-corrected chi connectivity index (χ0v) is 21.4. The third-order valence-corrected chi connectivity index (χ3v) is 9.54. The molecule has 0 amide bonds. The largest absolute Gasteiger partial charge is 0.507 e. The first kappa shape index (κ1) is 23.8. The summed E-state index contributed by atoms with van der Waals surface area (Å²) in [5.41, 5.74) is 2.94. The quantitative estimate of drug-likeness (QED) is 0.323. The maximum atomic E-state index is 13.6. The SMILES string of the molecule is CC(C)[C@@H](C)/C=C/[C@@H](C)[C@H]1CC[C@H]2c3ccc4c(c3CC[C@]12C)C(=O)c1c(O)ccc(O)c1C4=O. The van der Waals surface area contributed by atoms with Gasteiger partial charge in [0.1, 0.15) is 11.5 Å². The molecule has 0 aliphatic heterocycles. The molecule has 1 fully saturated rings. The summed E-state index contributed by atoms with van der Waals surface area (Å²) < 4.78 is 0. The van der Waals surface area contributed by atoms with E-state index < -0.39 is 0 Å². The second-order valence-corrected chi connectivity index (χ2v) is 11.7. The molecule has 3 aliphatic rings. The first-order valence-corrected chi connectivity index (χ1v) is 13.0. The van der Waals surface area contributed by atoms with Gasteiger partial charge in [0.2, 0.25) is 0 Å². The Morgan fingerprint density at radius 1 is 0.886 bits per heavy atom. The molecule has 184 valence electrons. The van der Waals surface area contributed by atoms with Crippen LogP contribution in [0.3, 0.4) is 0 Å². The molecule has 0 bridgehead atoms. The van der Waals surface area contributed by atoms with Crippen molar-refractivity contribution in [3.8, 4) is 11.5 Å². The van der Waals surface area contributed by atoms with Crippen molar-refractivity contribution < 1.29 is 19.8 Å². The van der Waals surface area contributed by atoms with Crippen LogP contribution in [0.5, 0.6) is 11.5 Å². The fourth-order valence-corrected chi connectivity index (χ4v) is 7.11. The molecular formula is C31H36O4. The Balaban J connectivity index is 1.53. The fourth-order valence-electron chi connectivity index (χ4n) is 7.11. The summed E-state index contributed by atoms with van der Waals surface area (Å²) in [6.45, 7) is 11.6. The van der Waals surface area contributed by atoms with Gasteiger partial charge in [-0.2, -0.15) is 0 Å². The van der Waals surface area contributed by atoms with Crippen molar-refractivity contribution in [2.24, 2.45) is 29.1 Å². The summed E-state index contributed by atoms with van der Waals surface area (Å²) >= 11 is 0. The van der Waals surface area contributed by atoms with Gasteiger partial charge in [-0.15, -0.1) is 0 Å². The molecule has 2 aromatic carbocycles. The van der Waals surface area contributed by atoms with Gasteiger partial charge < -0.3 is 10.2 Å². The maximum Gasteiger partial charge on any atom is 0.198 e. The maximum absolute atomic E-state index is 13.6. The number of hydrogen-bond donors (Lipinski definition) is 2. The number of carbonyl (C=O) groups is 2. The van der Waals surface area contributed by atoms with E-state index in [0.717, 1.165) is 31.2 Å². The molecule has 0 spiro atoms.